The summed E-state index contributed by atoms with van der Waals surface area (Å²) < 4.78 is 0. The Hall–Kier alpha value is -2.14. The molecule has 0 spiro atoms. The molecule has 5 heteroatoms. The van der Waals surface area contributed by atoms with E-state index >= 15 is 0 Å². The normalized spacial score (nSPS) is 12.1. The van der Waals surface area contributed by atoms with Gasteiger partial charge in [0.15, 0.2) is 0 Å². The van der Waals surface area contributed by atoms with Gasteiger partial charge in [0.1, 0.15) is 18.0 Å². The molecule has 88 valence electrons. The molecule has 0 aliphatic heterocycles. The predicted molar refractivity (Wildman–Crippen MR) is 66.3 cm³/mol. The van der Waals surface area contributed by atoms with E-state index in [1.807, 2.05) is 30.3 Å². The summed E-state index contributed by atoms with van der Waals surface area (Å²) in [5, 5.41) is 12.9. The number of aliphatic hydroxyl groups is 1. The van der Waals surface area contributed by atoms with Gasteiger partial charge in [0.25, 0.3) is 0 Å². The fraction of sp³-hybridized carbons (Fsp3) is 0.167. The Morgan fingerprint density at radius 1 is 1.24 bits per heavy atom. The summed E-state index contributed by atoms with van der Waals surface area (Å²) in [7, 11) is 0. The maximum atomic E-state index is 9.91. The second kappa shape index (κ2) is 5.27. The van der Waals surface area contributed by atoms with Gasteiger partial charge >= 0.3 is 0 Å². The molecule has 4 N–H and O–H groups in total. The van der Waals surface area contributed by atoms with Crippen LogP contribution in [0.5, 0.6) is 0 Å². The number of hydrogen-bond acceptors (Lipinski definition) is 5. The van der Waals surface area contributed by atoms with Crippen molar-refractivity contribution in [1.82, 2.24) is 9.97 Å². The van der Waals surface area contributed by atoms with Crippen LogP contribution in [0.15, 0.2) is 42.7 Å². The molecule has 0 saturated heterocycles. The minimum absolute atomic E-state index is 0.375. The Bertz CT molecular complexity index is 475. The lowest BCUT2D eigenvalue weighted by atomic mass is 10.1. The van der Waals surface area contributed by atoms with E-state index in [1.54, 1.807) is 6.07 Å². The molecule has 0 radical (unpaired) electrons. The zero-order chi connectivity index (χ0) is 12.1. The molecule has 0 amide bonds. The van der Waals surface area contributed by atoms with Crippen molar-refractivity contribution in [2.45, 2.75) is 6.10 Å². The molecule has 1 aromatic heterocycles. The Labute approximate surface area is 99.3 Å². The van der Waals surface area contributed by atoms with Gasteiger partial charge in [-0.3, -0.25) is 0 Å². The molecular weight excluding hydrogens is 216 g/mol. The van der Waals surface area contributed by atoms with E-state index in [0.717, 1.165) is 5.56 Å². The molecule has 0 aliphatic carbocycles. The fourth-order valence-electron chi connectivity index (χ4n) is 1.46. The van der Waals surface area contributed by atoms with Crippen molar-refractivity contribution in [2.75, 3.05) is 17.6 Å². The summed E-state index contributed by atoms with van der Waals surface area (Å²) in [5.74, 6) is 1.00. The van der Waals surface area contributed by atoms with Crippen molar-refractivity contribution in [3.05, 3.63) is 48.3 Å². The molecule has 0 saturated carbocycles. The summed E-state index contributed by atoms with van der Waals surface area (Å²) >= 11 is 0. The van der Waals surface area contributed by atoms with E-state index < -0.39 is 6.10 Å². The number of aromatic nitrogens is 2. The van der Waals surface area contributed by atoms with Crippen LogP contribution >= 0.6 is 0 Å². The highest BCUT2D eigenvalue weighted by Gasteiger charge is 2.06. The molecule has 1 unspecified atom stereocenters. The SMILES string of the molecule is Nc1cc(NCC(O)c2ccccc2)ncn1. The van der Waals surface area contributed by atoms with Crippen LogP contribution in [0, 0.1) is 0 Å². The molecule has 2 aromatic rings. The zero-order valence-corrected chi connectivity index (χ0v) is 9.24. The third-order valence-electron chi connectivity index (χ3n) is 2.35. The summed E-state index contributed by atoms with van der Waals surface area (Å²) in [4.78, 5) is 7.78. The maximum absolute atomic E-state index is 9.91. The Morgan fingerprint density at radius 3 is 2.71 bits per heavy atom. The highest BCUT2D eigenvalue weighted by atomic mass is 16.3. The van der Waals surface area contributed by atoms with Crippen LogP contribution < -0.4 is 11.1 Å². The molecule has 1 heterocycles. The second-order valence-electron chi connectivity index (χ2n) is 3.64. The summed E-state index contributed by atoms with van der Waals surface area (Å²) in [6.07, 6.45) is 0.805. The number of nitrogens with zero attached hydrogens (tertiary/aromatic N) is 2. The largest absolute Gasteiger partial charge is 0.387 e. The van der Waals surface area contributed by atoms with Crippen LogP contribution in [-0.2, 0) is 0 Å². The lowest BCUT2D eigenvalue weighted by Crippen LogP contribution is -2.13. The number of aliphatic hydroxyl groups excluding tert-OH is 1. The first-order valence-corrected chi connectivity index (χ1v) is 5.30. The van der Waals surface area contributed by atoms with Gasteiger partial charge in [-0.05, 0) is 5.56 Å². The molecule has 2 rings (SSSR count). The monoisotopic (exact) mass is 230 g/mol. The van der Waals surface area contributed by atoms with E-state index in [-0.39, 0.29) is 0 Å². The molecule has 1 atom stereocenters. The van der Waals surface area contributed by atoms with Crippen molar-refractivity contribution in [3.8, 4) is 0 Å². The van der Waals surface area contributed by atoms with Crippen molar-refractivity contribution in [3.63, 3.8) is 0 Å². The lowest BCUT2D eigenvalue weighted by molar-refractivity contribution is 0.191. The average Bonchev–Trinajstić information content (AvgIpc) is 2.37. The third kappa shape index (κ3) is 3.15. The van der Waals surface area contributed by atoms with Crippen molar-refractivity contribution >= 4 is 11.6 Å². The predicted octanol–water partition coefficient (Wildman–Crippen LogP) is 1.20. The average molecular weight is 230 g/mol. The van der Waals surface area contributed by atoms with E-state index in [0.29, 0.717) is 18.2 Å². The van der Waals surface area contributed by atoms with Gasteiger partial charge in [-0.2, -0.15) is 0 Å². The summed E-state index contributed by atoms with van der Waals surface area (Å²) in [6, 6.07) is 11.1. The molecule has 5 nitrogen and oxygen atoms in total. The van der Waals surface area contributed by atoms with Gasteiger partial charge in [-0.15, -0.1) is 0 Å². The second-order valence-corrected chi connectivity index (χ2v) is 3.64. The van der Waals surface area contributed by atoms with Gasteiger partial charge in [-0.25, -0.2) is 9.97 Å². The first kappa shape index (κ1) is 11.3. The summed E-state index contributed by atoms with van der Waals surface area (Å²) in [6.45, 7) is 0.375. The number of nitrogens with two attached hydrogens (primary N) is 1. The van der Waals surface area contributed by atoms with Gasteiger partial charge in [-0.1, -0.05) is 30.3 Å². The minimum Gasteiger partial charge on any atom is -0.387 e. The van der Waals surface area contributed by atoms with Gasteiger partial charge in [0.05, 0.1) is 6.10 Å². The molecule has 0 aliphatic rings. The minimum atomic E-state index is -0.576. The Morgan fingerprint density at radius 2 is 2.00 bits per heavy atom. The molecule has 17 heavy (non-hydrogen) atoms. The number of benzene rings is 1. The van der Waals surface area contributed by atoms with Crippen LogP contribution in [0.4, 0.5) is 11.6 Å². The van der Waals surface area contributed by atoms with Gasteiger partial charge < -0.3 is 16.2 Å². The maximum Gasteiger partial charge on any atom is 0.131 e. The van der Waals surface area contributed by atoms with Gasteiger partial charge in [0.2, 0.25) is 0 Å². The first-order valence-electron chi connectivity index (χ1n) is 5.30. The number of anilines is 2. The van der Waals surface area contributed by atoms with Gasteiger partial charge in [0, 0.05) is 12.6 Å². The number of nitrogen functional groups attached to an aromatic ring is 1. The van der Waals surface area contributed by atoms with E-state index in [1.165, 1.54) is 6.33 Å². The molecule has 0 bridgehead atoms. The van der Waals surface area contributed by atoms with Crippen molar-refractivity contribution < 1.29 is 5.11 Å². The molecule has 0 fully saturated rings. The lowest BCUT2D eigenvalue weighted by Gasteiger charge is -2.12. The highest BCUT2D eigenvalue weighted by Crippen LogP contribution is 2.13. The number of rotatable bonds is 4. The van der Waals surface area contributed by atoms with Crippen LogP contribution in [0.1, 0.15) is 11.7 Å². The topological polar surface area (TPSA) is 84.1 Å². The van der Waals surface area contributed by atoms with E-state index in [9.17, 15) is 5.11 Å². The van der Waals surface area contributed by atoms with E-state index in [4.69, 9.17) is 5.73 Å². The zero-order valence-electron chi connectivity index (χ0n) is 9.24. The quantitative estimate of drug-likeness (QED) is 0.735. The van der Waals surface area contributed by atoms with Crippen molar-refractivity contribution in [1.29, 1.82) is 0 Å². The molecular formula is C12H14N4O. The number of nitrogens with one attached hydrogen (secondary N) is 1. The summed E-state index contributed by atoms with van der Waals surface area (Å²) in [5.41, 5.74) is 6.39. The van der Waals surface area contributed by atoms with Crippen LogP contribution in [0.3, 0.4) is 0 Å². The Balaban J connectivity index is 1.95. The van der Waals surface area contributed by atoms with E-state index in [2.05, 4.69) is 15.3 Å². The third-order valence-corrected chi connectivity index (χ3v) is 2.35. The fourth-order valence-corrected chi connectivity index (χ4v) is 1.46. The highest BCUT2D eigenvalue weighted by molar-refractivity contribution is 5.43. The first-order chi connectivity index (χ1) is 8.25. The van der Waals surface area contributed by atoms with Crippen LogP contribution in [0.25, 0.3) is 0 Å². The number of hydrogen-bond donors (Lipinski definition) is 3. The molecule has 1 aromatic carbocycles. The smallest absolute Gasteiger partial charge is 0.131 e. The van der Waals surface area contributed by atoms with Crippen LogP contribution in [-0.4, -0.2) is 21.6 Å². The standard InChI is InChI=1S/C12H14N4O/c13-11-6-12(16-8-15-11)14-7-10(17)9-4-2-1-3-5-9/h1-6,8,10,17H,7H2,(H3,13,14,15,16). The van der Waals surface area contributed by atoms with Crippen LogP contribution in [0.2, 0.25) is 0 Å². The van der Waals surface area contributed by atoms with Crippen molar-refractivity contribution in [2.24, 2.45) is 0 Å². The Kier molecular flexibility index (Phi) is 3.52.